The Morgan fingerprint density at radius 3 is 2.65 bits per heavy atom. The van der Waals surface area contributed by atoms with Crippen LogP contribution in [0.5, 0.6) is 5.75 Å². The first kappa shape index (κ1) is 15.4. The van der Waals surface area contributed by atoms with Crippen LogP contribution in [0.15, 0.2) is 24.3 Å². The summed E-state index contributed by atoms with van der Waals surface area (Å²) in [4.78, 5) is 9.76. The molecule has 2 heterocycles. The molecule has 23 heavy (non-hydrogen) atoms. The highest BCUT2D eigenvalue weighted by atomic mass is 35.5. The average molecular weight is 343 g/mol. The predicted molar refractivity (Wildman–Crippen MR) is 80.0 cm³/mol. The predicted octanol–water partition coefficient (Wildman–Crippen LogP) is 4.39. The fourth-order valence-corrected chi connectivity index (χ4v) is 2.27. The van der Waals surface area contributed by atoms with Gasteiger partial charge in [0.15, 0.2) is 0 Å². The fraction of sp³-hybridized carbons (Fsp3) is 0.143. The molecule has 0 saturated carbocycles. The van der Waals surface area contributed by atoms with Crippen LogP contribution in [0.3, 0.4) is 0 Å². The van der Waals surface area contributed by atoms with Crippen LogP contribution >= 0.6 is 11.6 Å². The molecule has 0 aliphatic rings. The Morgan fingerprint density at radius 1 is 1.22 bits per heavy atom. The van der Waals surface area contributed by atoms with E-state index in [1.165, 1.54) is 18.2 Å². The molecule has 0 bridgehead atoms. The van der Waals surface area contributed by atoms with Crippen molar-refractivity contribution in [2.75, 3.05) is 5.32 Å². The topological polar surface area (TPSA) is 73.8 Å². The number of nitrogens with one attached hydrogen (secondary N) is 2. The number of aromatic amines is 1. The lowest BCUT2D eigenvalue weighted by Crippen LogP contribution is -2.12. The van der Waals surface area contributed by atoms with Gasteiger partial charge in [0, 0.05) is 10.7 Å². The van der Waals surface area contributed by atoms with Crippen LogP contribution in [-0.2, 0) is 6.18 Å². The molecule has 3 aromatic rings. The lowest BCUT2D eigenvalue weighted by Gasteiger charge is -2.11. The van der Waals surface area contributed by atoms with E-state index in [1.54, 1.807) is 13.0 Å². The minimum Gasteiger partial charge on any atom is -0.506 e. The molecule has 3 N–H and O–H groups in total. The Hall–Kier alpha value is -2.48. The first-order chi connectivity index (χ1) is 10.7. The van der Waals surface area contributed by atoms with Gasteiger partial charge in [0.05, 0.1) is 11.1 Å². The number of H-pyrrole nitrogens is 1. The highest BCUT2D eigenvalue weighted by molar-refractivity contribution is 6.31. The second-order valence-electron chi connectivity index (χ2n) is 4.89. The van der Waals surface area contributed by atoms with Crippen molar-refractivity contribution in [3.8, 4) is 5.75 Å². The zero-order valence-corrected chi connectivity index (χ0v) is 12.4. The zero-order chi connectivity index (χ0) is 16.8. The lowest BCUT2D eigenvalue weighted by atomic mass is 10.2. The summed E-state index contributed by atoms with van der Waals surface area (Å²) < 4.78 is 38.8. The maximum atomic E-state index is 12.9. The van der Waals surface area contributed by atoms with Crippen molar-refractivity contribution < 1.29 is 18.3 Å². The quantitative estimate of drug-likeness (QED) is 0.604. The molecule has 5 nitrogen and oxygen atoms in total. The molecule has 0 aliphatic carbocycles. The molecule has 0 fully saturated rings. The van der Waals surface area contributed by atoms with Gasteiger partial charge >= 0.3 is 6.18 Å². The number of phenols is 1. The summed E-state index contributed by atoms with van der Waals surface area (Å²) in [5.74, 6) is -1.53. The molecule has 0 atom stereocenters. The molecule has 2 aromatic heterocycles. The molecule has 120 valence electrons. The maximum Gasteiger partial charge on any atom is 0.451 e. The highest BCUT2D eigenvalue weighted by Gasteiger charge is 2.36. The van der Waals surface area contributed by atoms with Crippen molar-refractivity contribution in [2.24, 2.45) is 0 Å². The van der Waals surface area contributed by atoms with E-state index >= 15 is 0 Å². The van der Waals surface area contributed by atoms with E-state index in [9.17, 15) is 18.3 Å². The number of rotatable bonds is 2. The molecule has 0 spiro atoms. The Morgan fingerprint density at radius 2 is 1.96 bits per heavy atom. The first-order valence-corrected chi connectivity index (χ1v) is 6.82. The van der Waals surface area contributed by atoms with E-state index in [-0.39, 0.29) is 22.9 Å². The second kappa shape index (κ2) is 5.31. The third-order valence-corrected chi connectivity index (χ3v) is 3.32. The molecule has 0 aliphatic heterocycles. The van der Waals surface area contributed by atoms with Gasteiger partial charge in [-0.25, -0.2) is 9.97 Å². The number of aryl methyl sites for hydroxylation is 1. The molecule has 0 radical (unpaired) electrons. The number of anilines is 2. The third-order valence-electron chi connectivity index (χ3n) is 3.09. The van der Waals surface area contributed by atoms with Gasteiger partial charge in [-0.05, 0) is 31.2 Å². The number of hydrogen-bond donors (Lipinski definition) is 3. The number of alkyl halides is 3. The van der Waals surface area contributed by atoms with E-state index in [4.69, 9.17) is 11.6 Å². The van der Waals surface area contributed by atoms with Crippen molar-refractivity contribution in [3.63, 3.8) is 0 Å². The van der Waals surface area contributed by atoms with Gasteiger partial charge in [0.25, 0.3) is 0 Å². The normalized spacial score (nSPS) is 11.9. The monoisotopic (exact) mass is 342 g/mol. The van der Waals surface area contributed by atoms with Crippen LogP contribution in [0, 0.1) is 6.92 Å². The van der Waals surface area contributed by atoms with Crippen molar-refractivity contribution >= 4 is 34.1 Å². The number of phenolic OH excluding ortho intramolecular Hbond substituents is 1. The summed E-state index contributed by atoms with van der Waals surface area (Å²) in [5, 5.41) is 13.2. The molecule has 1 aromatic carbocycles. The Bertz CT molecular complexity index is 892. The van der Waals surface area contributed by atoms with Crippen LogP contribution in [-0.4, -0.2) is 20.1 Å². The standard InChI is InChI=1S/C14H10ClF3N4O/c1-6-4-8-11(19-6)21-13(14(16,17)18)22-12(8)20-9-5-7(15)2-3-10(9)23/h2-5,23H,1H3,(H2,19,20,21,22). The zero-order valence-electron chi connectivity index (χ0n) is 11.7. The van der Waals surface area contributed by atoms with Crippen LogP contribution in [0.25, 0.3) is 11.0 Å². The Balaban J connectivity index is 2.17. The van der Waals surface area contributed by atoms with Gasteiger partial charge in [-0.15, -0.1) is 0 Å². The Kier molecular flexibility index (Phi) is 3.56. The van der Waals surface area contributed by atoms with Crippen molar-refractivity contribution in [2.45, 2.75) is 13.1 Å². The number of nitrogens with zero attached hydrogens (tertiary/aromatic N) is 2. The fourth-order valence-electron chi connectivity index (χ4n) is 2.10. The largest absolute Gasteiger partial charge is 0.506 e. The van der Waals surface area contributed by atoms with E-state index in [0.29, 0.717) is 16.1 Å². The third kappa shape index (κ3) is 3.02. The van der Waals surface area contributed by atoms with Crippen molar-refractivity contribution in [3.05, 3.63) is 40.8 Å². The number of aromatic nitrogens is 3. The van der Waals surface area contributed by atoms with Gasteiger partial charge < -0.3 is 15.4 Å². The summed E-state index contributed by atoms with van der Waals surface area (Å²) in [6, 6.07) is 5.78. The number of hydrogen-bond acceptors (Lipinski definition) is 4. The summed E-state index contributed by atoms with van der Waals surface area (Å²) in [7, 11) is 0. The van der Waals surface area contributed by atoms with Crippen LogP contribution in [0.1, 0.15) is 11.5 Å². The van der Waals surface area contributed by atoms with Gasteiger partial charge in [-0.2, -0.15) is 13.2 Å². The summed E-state index contributed by atoms with van der Waals surface area (Å²) >= 11 is 5.84. The Labute approximate surface area is 133 Å². The minimum atomic E-state index is -4.69. The SMILES string of the molecule is Cc1cc2c(Nc3cc(Cl)ccc3O)nc(C(F)(F)F)nc2[nH]1. The smallest absolute Gasteiger partial charge is 0.451 e. The first-order valence-electron chi connectivity index (χ1n) is 6.44. The van der Waals surface area contributed by atoms with Crippen LogP contribution in [0.4, 0.5) is 24.7 Å². The molecule has 0 saturated heterocycles. The number of aromatic hydroxyl groups is 1. The summed E-state index contributed by atoms with van der Waals surface area (Å²) in [6.45, 7) is 1.69. The van der Waals surface area contributed by atoms with E-state index < -0.39 is 12.0 Å². The summed E-state index contributed by atoms with van der Waals surface area (Å²) in [5.41, 5.74) is 0.824. The minimum absolute atomic E-state index is 0.0499. The van der Waals surface area contributed by atoms with E-state index in [2.05, 4.69) is 20.3 Å². The maximum absolute atomic E-state index is 12.9. The number of fused-ring (bicyclic) bond motifs is 1. The van der Waals surface area contributed by atoms with E-state index in [1.807, 2.05) is 0 Å². The molecule has 0 unspecified atom stereocenters. The number of halogens is 4. The van der Waals surface area contributed by atoms with Crippen LogP contribution in [0.2, 0.25) is 5.02 Å². The molecular weight excluding hydrogens is 333 g/mol. The van der Waals surface area contributed by atoms with Crippen molar-refractivity contribution in [1.29, 1.82) is 0 Å². The number of benzene rings is 1. The summed E-state index contributed by atoms with van der Waals surface area (Å²) in [6.07, 6.45) is -4.69. The van der Waals surface area contributed by atoms with Crippen molar-refractivity contribution in [1.82, 2.24) is 15.0 Å². The van der Waals surface area contributed by atoms with Gasteiger partial charge in [0.1, 0.15) is 17.2 Å². The average Bonchev–Trinajstić information content (AvgIpc) is 2.82. The lowest BCUT2D eigenvalue weighted by molar-refractivity contribution is -0.144. The second-order valence-corrected chi connectivity index (χ2v) is 5.33. The van der Waals surface area contributed by atoms with Gasteiger partial charge in [-0.1, -0.05) is 11.6 Å². The van der Waals surface area contributed by atoms with Crippen LogP contribution < -0.4 is 5.32 Å². The molecule has 0 amide bonds. The van der Waals surface area contributed by atoms with E-state index in [0.717, 1.165) is 0 Å². The molecular formula is C14H10ClF3N4O. The van der Waals surface area contributed by atoms with Gasteiger partial charge in [0.2, 0.25) is 5.82 Å². The van der Waals surface area contributed by atoms with Gasteiger partial charge in [-0.3, -0.25) is 0 Å². The molecule has 3 rings (SSSR count). The highest BCUT2D eigenvalue weighted by Crippen LogP contribution is 2.34. The molecule has 9 heteroatoms.